The highest BCUT2D eigenvalue weighted by Gasteiger charge is 2.11. The Hall–Kier alpha value is -3.12. The van der Waals surface area contributed by atoms with Gasteiger partial charge in [-0.3, -0.25) is 4.79 Å². The standard InChI is InChI=1S/C21H18N2O3S/c24-20(9-7-15-6-8-18-19(12-15)26-11-10-25-18)22-13-17-14-27-21(23-17)16-4-2-1-3-5-16/h1-9,12,14H,10-11,13H2,(H,22,24)/b9-7+. The second-order valence-corrected chi connectivity index (χ2v) is 6.82. The molecule has 136 valence electrons. The summed E-state index contributed by atoms with van der Waals surface area (Å²) in [6.07, 6.45) is 3.26. The van der Waals surface area contributed by atoms with Crippen LogP contribution in [0.15, 0.2) is 60.0 Å². The van der Waals surface area contributed by atoms with E-state index in [1.54, 1.807) is 17.4 Å². The highest BCUT2D eigenvalue weighted by Crippen LogP contribution is 2.31. The fraction of sp³-hybridized carbons (Fsp3) is 0.143. The lowest BCUT2D eigenvalue weighted by Gasteiger charge is -2.18. The van der Waals surface area contributed by atoms with Crippen molar-refractivity contribution in [3.05, 3.63) is 71.2 Å². The van der Waals surface area contributed by atoms with Crippen LogP contribution in [0.3, 0.4) is 0 Å². The molecule has 0 bridgehead atoms. The maximum absolute atomic E-state index is 12.1. The topological polar surface area (TPSA) is 60.5 Å². The summed E-state index contributed by atoms with van der Waals surface area (Å²) in [5.74, 6) is 1.28. The number of amides is 1. The van der Waals surface area contributed by atoms with E-state index in [9.17, 15) is 4.79 Å². The van der Waals surface area contributed by atoms with Gasteiger partial charge >= 0.3 is 0 Å². The number of hydrogen-bond acceptors (Lipinski definition) is 5. The molecule has 0 spiro atoms. The minimum atomic E-state index is -0.167. The van der Waals surface area contributed by atoms with Gasteiger partial charge in [0.25, 0.3) is 0 Å². The molecule has 27 heavy (non-hydrogen) atoms. The maximum Gasteiger partial charge on any atom is 0.244 e. The summed E-state index contributed by atoms with van der Waals surface area (Å²) in [7, 11) is 0. The zero-order valence-electron chi connectivity index (χ0n) is 14.6. The second-order valence-electron chi connectivity index (χ2n) is 5.96. The highest BCUT2D eigenvalue weighted by atomic mass is 32.1. The van der Waals surface area contributed by atoms with Gasteiger partial charge in [0.05, 0.1) is 12.2 Å². The third-order valence-corrected chi connectivity index (χ3v) is 4.95. The summed E-state index contributed by atoms with van der Waals surface area (Å²) in [6.45, 7) is 1.50. The molecular formula is C21H18N2O3S. The van der Waals surface area contributed by atoms with Gasteiger partial charge in [-0.15, -0.1) is 11.3 Å². The van der Waals surface area contributed by atoms with Gasteiger partial charge in [-0.1, -0.05) is 36.4 Å². The average molecular weight is 378 g/mol. The maximum atomic E-state index is 12.1. The lowest BCUT2D eigenvalue weighted by Crippen LogP contribution is -2.20. The molecule has 6 heteroatoms. The van der Waals surface area contributed by atoms with Crippen LogP contribution in [0.5, 0.6) is 11.5 Å². The molecule has 0 fully saturated rings. The molecule has 1 aliphatic heterocycles. The molecule has 0 saturated carbocycles. The first-order chi connectivity index (χ1) is 13.3. The summed E-state index contributed by atoms with van der Waals surface area (Å²) in [4.78, 5) is 16.6. The third kappa shape index (κ3) is 4.35. The highest BCUT2D eigenvalue weighted by molar-refractivity contribution is 7.13. The minimum Gasteiger partial charge on any atom is -0.486 e. The molecule has 1 N–H and O–H groups in total. The van der Waals surface area contributed by atoms with E-state index in [1.165, 1.54) is 6.08 Å². The van der Waals surface area contributed by atoms with Crippen molar-refractivity contribution in [2.24, 2.45) is 0 Å². The van der Waals surface area contributed by atoms with E-state index in [0.717, 1.165) is 27.6 Å². The molecule has 4 rings (SSSR count). The Morgan fingerprint density at radius 1 is 1.11 bits per heavy atom. The Morgan fingerprint density at radius 2 is 1.93 bits per heavy atom. The summed E-state index contributed by atoms with van der Waals surface area (Å²) >= 11 is 1.57. The largest absolute Gasteiger partial charge is 0.486 e. The van der Waals surface area contributed by atoms with Crippen LogP contribution in [0.4, 0.5) is 0 Å². The molecular weight excluding hydrogens is 360 g/mol. The fourth-order valence-corrected chi connectivity index (χ4v) is 3.50. The van der Waals surface area contributed by atoms with Crippen molar-refractivity contribution in [3.8, 4) is 22.1 Å². The number of aromatic nitrogens is 1. The van der Waals surface area contributed by atoms with E-state index in [1.807, 2.05) is 53.9 Å². The van der Waals surface area contributed by atoms with Crippen molar-refractivity contribution in [1.29, 1.82) is 0 Å². The molecule has 1 aliphatic rings. The Bertz CT molecular complexity index is 967. The molecule has 0 atom stereocenters. The van der Waals surface area contributed by atoms with Crippen LogP contribution >= 0.6 is 11.3 Å². The van der Waals surface area contributed by atoms with Gasteiger partial charge in [-0.05, 0) is 23.8 Å². The van der Waals surface area contributed by atoms with Crippen LogP contribution in [0, 0.1) is 0 Å². The number of thiazole rings is 1. The molecule has 2 heterocycles. The number of fused-ring (bicyclic) bond motifs is 1. The molecule has 0 aliphatic carbocycles. The number of carbonyl (C=O) groups excluding carboxylic acids is 1. The van der Waals surface area contributed by atoms with Gasteiger partial charge < -0.3 is 14.8 Å². The van der Waals surface area contributed by atoms with Crippen LogP contribution in [0.25, 0.3) is 16.6 Å². The normalized spacial score (nSPS) is 12.9. The number of nitrogens with zero attached hydrogens (tertiary/aromatic N) is 1. The first-order valence-electron chi connectivity index (χ1n) is 8.63. The number of carbonyl (C=O) groups is 1. The predicted octanol–water partition coefficient (Wildman–Crippen LogP) is 3.91. The molecule has 1 amide bonds. The molecule has 2 aromatic carbocycles. The van der Waals surface area contributed by atoms with E-state index < -0.39 is 0 Å². The Kier molecular flexibility index (Phi) is 5.16. The van der Waals surface area contributed by atoms with Gasteiger partial charge in [-0.25, -0.2) is 4.98 Å². The number of rotatable bonds is 5. The quantitative estimate of drug-likeness (QED) is 0.684. The van der Waals surface area contributed by atoms with E-state index >= 15 is 0 Å². The van der Waals surface area contributed by atoms with Gasteiger partial charge in [0.15, 0.2) is 11.5 Å². The zero-order chi connectivity index (χ0) is 18.5. The van der Waals surface area contributed by atoms with Crippen molar-refractivity contribution < 1.29 is 14.3 Å². The number of ether oxygens (including phenoxy) is 2. The van der Waals surface area contributed by atoms with Gasteiger partial charge in [0.2, 0.25) is 5.91 Å². The van der Waals surface area contributed by atoms with Gasteiger partial charge in [0.1, 0.15) is 18.2 Å². The zero-order valence-corrected chi connectivity index (χ0v) is 15.4. The van der Waals surface area contributed by atoms with E-state index in [2.05, 4.69) is 10.3 Å². The molecule has 1 aromatic heterocycles. The molecule has 3 aromatic rings. The summed E-state index contributed by atoms with van der Waals surface area (Å²) in [5, 5.41) is 5.77. The van der Waals surface area contributed by atoms with Crippen LogP contribution in [0.1, 0.15) is 11.3 Å². The van der Waals surface area contributed by atoms with Gasteiger partial charge in [-0.2, -0.15) is 0 Å². The smallest absolute Gasteiger partial charge is 0.244 e. The Morgan fingerprint density at radius 3 is 2.78 bits per heavy atom. The summed E-state index contributed by atoms with van der Waals surface area (Å²) in [6, 6.07) is 15.6. The molecule has 5 nitrogen and oxygen atoms in total. The van der Waals surface area contributed by atoms with E-state index in [-0.39, 0.29) is 5.91 Å². The monoisotopic (exact) mass is 378 g/mol. The van der Waals surface area contributed by atoms with Crippen molar-refractivity contribution in [2.75, 3.05) is 13.2 Å². The SMILES string of the molecule is O=C(/C=C/c1ccc2c(c1)OCCO2)NCc1csc(-c2ccccc2)n1. The lowest BCUT2D eigenvalue weighted by molar-refractivity contribution is -0.116. The van der Waals surface area contributed by atoms with Gasteiger partial charge in [0, 0.05) is 17.0 Å². The first-order valence-corrected chi connectivity index (χ1v) is 9.51. The van der Waals surface area contributed by atoms with Crippen LogP contribution in [-0.2, 0) is 11.3 Å². The van der Waals surface area contributed by atoms with E-state index in [4.69, 9.17) is 9.47 Å². The molecule has 0 saturated heterocycles. The molecule has 0 unspecified atom stereocenters. The van der Waals surface area contributed by atoms with Crippen molar-refractivity contribution in [2.45, 2.75) is 6.54 Å². The molecule has 0 radical (unpaired) electrons. The minimum absolute atomic E-state index is 0.167. The average Bonchev–Trinajstić information content (AvgIpc) is 3.20. The van der Waals surface area contributed by atoms with Crippen LogP contribution in [0.2, 0.25) is 0 Å². The number of benzene rings is 2. The Labute approximate surface area is 161 Å². The Balaban J connectivity index is 1.33. The summed E-state index contributed by atoms with van der Waals surface area (Å²) in [5.41, 5.74) is 2.81. The summed E-state index contributed by atoms with van der Waals surface area (Å²) < 4.78 is 11.0. The first kappa shape index (κ1) is 17.3. The van der Waals surface area contributed by atoms with Crippen molar-refractivity contribution in [1.82, 2.24) is 10.3 Å². The van der Waals surface area contributed by atoms with Crippen molar-refractivity contribution >= 4 is 23.3 Å². The van der Waals surface area contributed by atoms with Crippen LogP contribution < -0.4 is 14.8 Å². The predicted molar refractivity (Wildman–Crippen MR) is 106 cm³/mol. The third-order valence-electron chi connectivity index (χ3n) is 4.01. The number of nitrogens with one attached hydrogen (secondary N) is 1. The van der Waals surface area contributed by atoms with Crippen LogP contribution in [-0.4, -0.2) is 24.1 Å². The fourth-order valence-electron chi connectivity index (χ4n) is 2.67. The lowest BCUT2D eigenvalue weighted by atomic mass is 10.2. The second kappa shape index (κ2) is 8.05. The number of hydrogen-bond donors (Lipinski definition) is 1. The van der Waals surface area contributed by atoms with E-state index in [0.29, 0.717) is 25.5 Å². The van der Waals surface area contributed by atoms with Crippen molar-refractivity contribution in [3.63, 3.8) is 0 Å².